The highest BCUT2D eigenvalue weighted by Gasteiger charge is 2.45. The first-order chi connectivity index (χ1) is 5.76. The van der Waals surface area contributed by atoms with E-state index >= 15 is 0 Å². The van der Waals surface area contributed by atoms with Crippen LogP contribution in [0.15, 0.2) is 0 Å². The lowest BCUT2D eigenvalue weighted by Gasteiger charge is -2.39. The van der Waals surface area contributed by atoms with Crippen LogP contribution in [-0.2, 0) is 9.53 Å². The molecule has 1 unspecified atom stereocenters. The number of carbonyl (C=O) groups is 1. The normalized spacial score (nSPS) is 31.6. The molecule has 12 heavy (non-hydrogen) atoms. The standard InChI is InChI=1S/C9H15NO2/c1-12-8(11)7-2-3-9(4-7)5-10-6-9/h7,10H,2-6H2,1H3. The number of esters is 1. The van der Waals surface area contributed by atoms with Crippen molar-refractivity contribution >= 4 is 5.97 Å². The second-order valence-electron chi connectivity index (χ2n) is 4.07. The molecule has 0 aromatic rings. The van der Waals surface area contributed by atoms with Crippen LogP contribution in [0.5, 0.6) is 0 Å². The molecule has 0 aromatic heterocycles. The Morgan fingerprint density at radius 1 is 1.58 bits per heavy atom. The van der Waals surface area contributed by atoms with Crippen molar-refractivity contribution in [2.24, 2.45) is 11.3 Å². The Kier molecular flexibility index (Phi) is 1.83. The second-order valence-corrected chi connectivity index (χ2v) is 4.07. The van der Waals surface area contributed by atoms with Crippen molar-refractivity contribution in [1.29, 1.82) is 0 Å². The Morgan fingerprint density at radius 2 is 2.33 bits per heavy atom. The zero-order valence-electron chi connectivity index (χ0n) is 7.43. The van der Waals surface area contributed by atoms with Crippen molar-refractivity contribution in [1.82, 2.24) is 5.32 Å². The summed E-state index contributed by atoms with van der Waals surface area (Å²) in [5, 5.41) is 3.27. The molecule has 1 aliphatic heterocycles. The molecule has 3 nitrogen and oxygen atoms in total. The number of hydrogen-bond donors (Lipinski definition) is 1. The van der Waals surface area contributed by atoms with Crippen LogP contribution in [0.4, 0.5) is 0 Å². The lowest BCUT2D eigenvalue weighted by molar-refractivity contribution is -0.145. The van der Waals surface area contributed by atoms with Crippen molar-refractivity contribution in [2.45, 2.75) is 19.3 Å². The van der Waals surface area contributed by atoms with Gasteiger partial charge >= 0.3 is 5.97 Å². The largest absolute Gasteiger partial charge is 0.469 e. The first-order valence-electron chi connectivity index (χ1n) is 4.54. The minimum absolute atomic E-state index is 0.0150. The fraction of sp³-hybridized carbons (Fsp3) is 0.889. The van der Waals surface area contributed by atoms with E-state index in [1.54, 1.807) is 0 Å². The van der Waals surface area contributed by atoms with Crippen LogP contribution in [0.2, 0.25) is 0 Å². The summed E-state index contributed by atoms with van der Waals surface area (Å²) in [7, 11) is 1.48. The highest BCUT2D eigenvalue weighted by Crippen LogP contribution is 2.44. The van der Waals surface area contributed by atoms with Crippen LogP contribution in [0.1, 0.15) is 19.3 Å². The van der Waals surface area contributed by atoms with Gasteiger partial charge in [0.15, 0.2) is 0 Å². The van der Waals surface area contributed by atoms with E-state index in [-0.39, 0.29) is 11.9 Å². The fourth-order valence-corrected chi connectivity index (χ4v) is 2.37. The van der Waals surface area contributed by atoms with Crippen molar-refractivity contribution in [3.05, 3.63) is 0 Å². The molecule has 2 aliphatic rings. The predicted molar refractivity (Wildman–Crippen MR) is 44.7 cm³/mol. The van der Waals surface area contributed by atoms with Gasteiger partial charge in [0.1, 0.15) is 0 Å². The van der Waals surface area contributed by atoms with Gasteiger partial charge in [-0.3, -0.25) is 4.79 Å². The lowest BCUT2D eigenvalue weighted by Crippen LogP contribution is -2.51. The maximum Gasteiger partial charge on any atom is 0.308 e. The first kappa shape index (κ1) is 8.05. The van der Waals surface area contributed by atoms with Crippen molar-refractivity contribution in [3.63, 3.8) is 0 Å². The third-order valence-electron chi connectivity index (χ3n) is 3.24. The average molecular weight is 169 g/mol. The van der Waals surface area contributed by atoms with Gasteiger partial charge in [-0.2, -0.15) is 0 Å². The Balaban J connectivity index is 1.93. The fourth-order valence-electron chi connectivity index (χ4n) is 2.37. The summed E-state index contributed by atoms with van der Waals surface area (Å²) in [6.45, 7) is 2.20. The van der Waals surface area contributed by atoms with Crippen LogP contribution in [0.3, 0.4) is 0 Å². The number of methoxy groups -OCH3 is 1. The van der Waals surface area contributed by atoms with E-state index in [0.29, 0.717) is 5.41 Å². The maximum absolute atomic E-state index is 11.2. The van der Waals surface area contributed by atoms with E-state index in [2.05, 4.69) is 5.32 Å². The summed E-state index contributed by atoms with van der Waals surface area (Å²) >= 11 is 0. The molecule has 1 N–H and O–H groups in total. The minimum atomic E-state index is -0.0150. The molecule has 0 aromatic carbocycles. The molecular weight excluding hydrogens is 154 g/mol. The van der Waals surface area contributed by atoms with Crippen LogP contribution < -0.4 is 5.32 Å². The van der Waals surface area contributed by atoms with E-state index in [4.69, 9.17) is 4.74 Å². The van der Waals surface area contributed by atoms with Gasteiger partial charge < -0.3 is 10.1 Å². The van der Waals surface area contributed by atoms with Gasteiger partial charge in [0.05, 0.1) is 13.0 Å². The second kappa shape index (κ2) is 2.73. The monoisotopic (exact) mass is 169 g/mol. The lowest BCUT2D eigenvalue weighted by atomic mass is 9.79. The predicted octanol–water partition coefficient (Wildman–Crippen LogP) is 0.549. The van der Waals surface area contributed by atoms with E-state index in [1.165, 1.54) is 13.5 Å². The third-order valence-corrected chi connectivity index (χ3v) is 3.24. The summed E-state index contributed by atoms with van der Waals surface area (Å²) in [6.07, 6.45) is 3.25. The Hall–Kier alpha value is -0.570. The van der Waals surface area contributed by atoms with Gasteiger partial charge in [-0.25, -0.2) is 0 Å². The van der Waals surface area contributed by atoms with Crippen molar-refractivity contribution in [2.75, 3.05) is 20.2 Å². The average Bonchev–Trinajstić information content (AvgIpc) is 2.46. The van der Waals surface area contributed by atoms with Gasteiger partial charge in [0, 0.05) is 13.1 Å². The van der Waals surface area contributed by atoms with Crippen LogP contribution in [-0.4, -0.2) is 26.2 Å². The summed E-state index contributed by atoms with van der Waals surface area (Å²) in [6, 6.07) is 0. The molecule has 1 atom stereocenters. The molecule has 0 radical (unpaired) electrons. The number of nitrogens with one attached hydrogen (secondary N) is 1. The molecule has 1 aliphatic carbocycles. The number of carbonyl (C=O) groups excluding carboxylic acids is 1. The molecular formula is C9H15NO2. The van der Waals surface area contributed by atoms with Gasteiger partial charge in [-0.1, -0.05) is 0 Å². The smallest absolute Gasteiger partial charge is 0.308 e. The molecule has 68 valence electrons. The van der Waals surface area contributed by atoms with E-state index in [0.717, 1.165) is 25.9 Å². The molecule has 0 amide bonds. The molecule has 2 fully saturated rings. The SMILES string of the molecule is COC(=O)C1CCC2(CNC2)C1. The van der Waals surface area contributed by atoms with Gasteiger partial charge in [0.25, 0.3) is 0 Å². The molecule has 0 bridgehead atoms. The summed E-state index contributed by atoms with van der Waals surface area (Å²) in [4.78, 5) is 11.2. The highest BCUT2D eigenvalue weighted by molar-refractivity contribution is 5.72. The Morgan fingerprint density at radius 3 is 2.75 bits per heavy atom. The van der Waals surface area contributed by atoms with E-state index < -0.39 is 0 Å². The number of hydrogen-bond acceptors (Lipinski definition) is 3. The van der Waals surface area contributed by atoms with Crippen LogP contribution >= 0.6 is 0 Å². The van der Waals surface area contributed by atoms with Crippen LogP contribution in [0, 0.1) is 11.3 Å². The summed E-state index contributed by atoms with van der Waals surface area (Å²) in [5.41, 5.74) is 0.457. The van der Waals surface area contributed by atoms with Gasteiger partial charge in [-0.15, -0.1) is 0 Å². The molecule has 1 saturated carbocycles. The molecule has 3 heteroatoms. The molecule has 1 spiro atoms. The Bertz CT molecular complexity index is 199. The maximum atomic E-state index is 11.2. The Labute approximate surface area is 72.5 Å². The summed E-state index contributed by atoms with van der Waals surface area (Å²) < 4.78 is 4.74. The zero-order chi connectivity index (χ0) is 8.60. The zero-order valence-corrected chi connectivity index (χ0v) is 7.43. The summed E-state index contributed by atoms with van der Waals surface area (Å²) in [5.74, 6) is 0.163. The van der Waals surface area contributed by atoms with Gasteiger partial charge in [-0.05, 0) is 24.7 Å². The van der Waals surface area contributed by atoms with E-state index in [9.17, 15) is 4.79 Å². The quantitative estimate of drug-likeness (QED) is 0.582. The van der Waals surface area contributed by atoms with Crippen molar-refractivity contribution < 1.29 is 9.53 Å². The molecule has 2 rings (SSSR count). The highest BCUT2D eigenvalue weighted by atomic mass is 16.5. The van der Waals surface area contributed by atoms with E-state index in [1.807, 2.05) is 0 Å². The number of ether oxygens (including phenoxy) is 1. The molecule has 1 heterocycles. The van der Waals surface area contributed by atoms with Crippen molar-refractivity contribution in [3.8, 4) is 0 Å². The minimum Gasteiger partial charge on any atom is -0.469 e. The molecule has 1 saturated heterocycles. The van der Waals surface area contributed by atoms with Gasteiger partial charge in [0.2, 0.25) is 0 Å². The first-order valence-corrected chi connectivity index (χ1v) is 4.54. The number of rotatable bonds is 1. The van der Waals surface area contributed by atoms with Crippen LogP contribution in [0.25, 0.3) is 0 Å². The topological polar surface area (TPSA) is 38.3 Å². The third kappa shape index (κ3) is 1.12.